The molecule has 0 bridgehead atoms. The van der Waals surface area contributed by atoms with E-state index < -0.39 is 0 Å². The standard InChI is InChI=1S/C12H12N2O/c15-12(11-6-7-13-9-11)14-8-10-4-2-1-3-5-10/h1-7,9,13H,8H2,(H,14,15). The van der Waals surface area contributed by atoms with Crippen LogP contribution in [0.15, 0.2) is 48.8 Å². The van der Waals surface area contributed by atoms with Crippen LogP contribution in [0.1, 0.15) is 15.9 Å². The van der Waals surface area contributed by atoms with E-state index in [-0.39, 0.29) is 5.91 Å². The maximum atomic E-state index is 11.5. The molecule has 2 aromatic rings. The van der Waals surface area contributed by atoms with Crippen LogP contribution >= 0.6 is 0 Å². The highest BCUT2D eigenvalue weighted by atomic mass is 16.1. The van der Waals surface area contributed by atoms with Crippen molar-refractivity contribution in [3.63, 3.8) is 0 Å². The molecule has 0 aliphatic rings. The highest BCUT2D eigenvalue weighted by molar-refractivity contribution is 5.93. The number of hydrogen-bond acceptors (Lipinski definition) is 1. The van der Waals surface area contributed by atoms with E-state index in [1.807, 2.05) is 30.3 Å². The van der Waals surface area contributed by atoms with Crippen molar-refractivity contribution in [2.24, 2.45) is 0 Å². The van der Waals surface area contributed by atoms with Crippen LogP contribution in [-0.2, 0) is 6.54 Å². The second-order valence-corrected chi connectivity index (χ2v) is 3.27. The van der Waals surface area contributed by atoms with Crippen molar-refractivity contribution in [1.29, 1.82) is 0 Å². The largest absolute Gasteiger partial charge is 0.367 e. The SMILES string of the molecule is O=C(NCc1ccccc1)c1cc[nH]c1. The molecule has 0 fully saturated rings. The Balaban J connectivity index is 1.92. The van der Waals surface area contributed by atoms with Crippen LogP contribution < -0.4 is 5.32 Å². The summed E-state index contributed by atoms with van der Waals surface area (Å²) in [6.07, 6.45) is 3.41. The number of carbonyl (C=O) groups excluding carboxylic acids is 1. The summed E-state index contributed by atoms with van der Waals surface area (Å²) in [6.45, 7) is 0.560. The lowest BCUT2D eigenvalue weighted by molar-refractivity contribution is 0.0951. The summed E-state index contributed by atoms with van der Waals surface area (Å²) in [5.41, 5.74) is 1.76. The Morgan fingerprint density at radius 3 is 2.67 bits per heavy atom. The maximum Gasteiger partial charge on any atom is 0.253 e. The highest BCUT2D eigenvalue weighted by Gasteiger charge is 2.03. The fourth-order valence-electron chi connectivity index (χ4n) is 1.35. The first kappa shape index (κ1) is 9.52. The Morgan fingerprint density at radius 1 is 1.20 bits per heavy atom. The number of H-pyrrole nitrogens is 1. The van der Waals surface area contributed by atoms with Crippen LogP contribution in [0.2, 0.25) is 0 Å². The average Bonchev–Trinajstić information content (AvgIpc) is 2.81. The van der Waals surface area contributed by atoms with Crippen LogP contribution in [0, 0.1) is 0 Å². The third-order valence-electron chi connectivity index (χ3n) is 2.16. The predicted octanol–water partition coefficient (Wildman–Crippen LogP) is 1.94. The van der Waals surface area contributed by atoms with E-state index in [1.165, 1.54) is 0 Å². The monoisotopic (exact) mass is 200 g/mol. The molecule has 0 saturated carbocycles. The van der Waals surface area contributed by atoms with Gasteiger partial charge in [0.15, 0.2) is 0 Å². The first-order valence-corrected chi connectivity index (χ1v) is 4.81. The summed E-state index contributed by atoms with van der Waals surface area (Å²) < 4.78 is 0. The molecule has 3 heteroatoms. The Bertz CT molecular complexity index is 420. The van der Waals surface area contributed by atoms with Crippen molar-refractivity contribution < 1.29 is 4.79 Å². The van der Waals surface area contributed by atoms with Gasteiger partial charge in [-0.15, -0.1) is 0 Å². The van der Waals surface area contributed by atoms with Gasteiger partial charge in [-0.2, -0.15) is 0 Å². The molecular weight excluding hydrogens is 188 g/mol. The molecule has 76 valence electrons. The number of amides is 1. The minimum atomic E-state index is -0.0555. The number of nitrogens with one attached hydrogen (secondary N) is 2. The van der Waals surface area contributed by atoms with Gasteiger partial charge in [0, 0.05) is 18.9 Å². The number of carbonyl (C=O) groups is 1. The van der Waals surface area contributed by atoms with Gasteiger partial charge in [-0.1, -0.05) is 30.3 Å². The van der Waals surface area contributed by atoms with E-state index in [9.17, 15) is 4.79 Å². The molecule has 1 aromatic heterocycles. The zero-order valence-corrected chi connectivity index (χ0v) is 8.23. The van der Waals surface area contributed by atoms with Gasteiger partial charge in [-0.05, 0) is 11.6 Å². The number of hydrogen-bond donors (Lipinski definition) is 2. The third kappa shape index (κ3) is 2.47. The lowest BCUT2D eigenvalue weighted by atomic mass is 10.2. The third-order valence-corrected chi connectivity index (χ3v) is 2.16. The molecule has 2 N–H and O–H groups in total. The van der Waals surface area contributed by atoms with Crippen LogP contribution in [0.25, 0.3) is 0 Å². The molecule has 0 atom stereocenters. The Kier molecular flexibility index (Phi) is 2.83. The first-order valence-electron chi connectivity index (χ1n) is 4.81. The topological polar surface area (TPSA) is 44.9 Å². The van der Waals surface area contributed by atoms with Gasteiger partial charge in [0.25, 0.3) is 5.91 Å². The van der Waals surface area contributed by atoms with Crippen LogP contribution in [0.3, 0.4) is 0 Å². The van der Waals surface area contributed by atoms with Gasteiger partial charge >= 0.3 is 0 Å². The van der Waals surface area contributed by atoms with E-state index in [0.717, 1.165) is 5.56 Å². The smallest absolute Gasteiger partial charge is 0.253 e. The van der Waals surface area contributed by atoms with Crippen molar-refractivity contribution in [2.75, 3.05) is 0 Å². The van der Waals surface area contributed by atoms with E-state index in [0.29, 0.717) is 12.1 Å². The summed E-state index contributed by atoms with van der Waals surface area (Å²) in [6, 6.07) is 11.6. The van der Waals surface area contributed by atoms with E-state index in [2.05, 4.69) is 10.3 Å². The van der Waals surface area contributed by atoms with E-state index >= 15 is 0 Å². The lowest BCUT2D eigenvalue weighted by Gasteiger charge is -2.03. The minimum absolute atomic E-state index is 0.0555. The minimum Gasteiger partial charge on any atom is -0.367 e. The molecule has 0 radical (unpaired) electrons. The molecule has 0 unspecified atom stereocenters. The normalized spacial score (nSPS) is 9.87. The molecule has 0 saturated heterocycles. The number of aromatic nitrogens is 1. The summed E-state index contributed by atoms with van der Waals surface area (Å²) in [5.74, 6) is -0.0555. The summed E-state index contributed by atoms with van der Waals surface area (Å²) >= 11 is 0. The molecule has 1 heterocycles. The molecule has 0 aliphatic heterocycles. The van der Waals surface area contributed by atoms with Gasteiger partial charge < -0.3 is 10.3 Å². The second kappa shape index (κ2) is 4.46. The van der Waals surface area contributed by atoms with Crippen LogP contribution in [0.4, 0.5) is 0 Å². The van der Waals surface area contributed by atoms with Crippen molar-refractivity contribution in [1.82, 2.24) is 10.3 Å². The Labute approximate surface area is 88.1 Å². The first-order chi connectivity index (χ1) is 7.36. The second-order valence-electron chi connectivity index (χ2n) is 3.27. The maximum absolute atomic E-state index is 11.5. The molecule has 15 heavy (non-hydrogen) atoms. The number of benzene rings is 1. The van der Waals surface area contributed by atoms with Crippen LogP contribution in [0.5, 0.6) is 0 Å². The lowest BCUT2D eigenvalue weighted by Crippen LogP contribution is -2.22. The summed E-state index contributed by atoms with van der Waals surface area (Å²) in [4.78, 5) is 14.4. The van der Waals surface area contributed by atoms with E-state index in [4.69, 9.17) is 0 Å². The van der Waals surface area contributed by atoms with Gasteiger partial charge in [0.1, 0.15) is 0 Å². The van der Waals surface area contributed by atoms with Crippen molar-refractivity contribution >= 4 is 5.91 Å². The van der Waals surface area contributed by atoms with Crippen molar-refractivity contribution in [3.8, 4) is 0 Å². The number of aromatic amines is 1. The molecule has 0 spiro atoms. The molecule has 1 aromatic carbocycles. The quantitative estimate of drug-likeness (QED) is 0.781. The molecule has 2 rings (SSSR count). The number of rotatable bonds is 3. The van der Waals surface area contributed by atoms with Gasteiger partial charge in [-0.3, -0.25) is 4.79 Å². The fourth-order valence-corrected chi connectivity index (χ4v) is 1.35. The van der Waals surface area contributed by atoms with E-state index in [1.54, 1.807) is 18.5 Å². The van der Waals surface area contributed by atoms with Gasteiger partial charge in [0.2, 0.25) is 0 Å². The summed E-state index contributed by atoms with van der Waals surface area (Å²) in [7, 11) is 0. The molecule has 1 amide bonds. The van der Waals surface area contributed by atoms with Crippen molar-refractivity contribution in [3.05, 3.63) is 59.9 Å². The molecular formula is C12H12N2O. The van der Waals surface area contributed by atoms with Crippen LogP contribution in [-0.4, -0.2) is 10.9 Å². The summed E-state index contributed by atoms with van der Waals surface area (Å²) in [5, 5.41) is 2.84. The van der Waals surface area contributed by atoms with Gasteiger partial charge in [-0.25, -0.2) is 0 Å². The zero-order chi connectivity index (χ0) is 10.5. The predicted molar refractivity (Wildman–Crippen MR) is 58.4 cm³/mol. The molecule has 0 aliphatic carbocycles. The zero-order valence-electron chi connectivity index (χ0n) is 8.23. The average molecular weight is 200 g/mol. The Hall–Kier alpha value is -2.03. The van der Waals surface area contributed by atoms with Crippen molar-refractivity contribution in [2.45, 2.75) is 6.54 Å². The fraction of sp³-hybridized carbons (Fsp3) is 0.0833. The highest BCUT2D eigenvalue weighted by Crippen LogP contribution is 2.00. The molecule has 3 nitrogen and oxygen atoms in total. The van der Waals surface area contributed by atoms with Gasteiger partial charge in [0.05, 0.1) is 5.56 Å². The Morgan fingerprint density at radius 2 is 2.00 bits per heavy atom.